The summed E-state index contributed by atoms with van der Waals surface area (Å²) in [5.41, 5.74) is 0. The van der Waals surface area contributed by atoms with E-state index in [1.54, 1.807) is 18.6 Å². The van der Waals surface area contributed by atoms with Gasteiger partial charge in [-0.25, -0.2) is 9.52 Å². The zero-order valence-corrected chi connectivity index (χ0v) is 12.9. The molecule has 0 aromatic rings. The Bertz CT molecular complexity index is 432. The summed E-state index contributed by atoms with van der Waals surface area (Å²) in [6.07, 6.45) is -1.24. The summed E-state index contributed by atoms with van der Waals surface area (Å²) in [4.78, 5) is 22.1. The van der Waals surface area contributed by atoms with E-state index in [0.717, 1.165) is 0 Å². The normalized spacial score (nSPS) is 13.3. The first-order valence-corrected chi connectivity index (χ1v) is 7.72. The maximum atomic E-state index is 11.5. The number of carboxylic acid groups (broad SMARTS) is 1. The van der Waals surface area contributed by atoms with Crippen LogP contribution in [-0.2, 0) is 19.7 Å². The molecule has 1 atom stereocenters. The summed E-state index contributed by atoms with van der Waals surface area (Å²) in [6.45, 7) is 6.52. The van der Waals surface area contributed by atoms with Crippen LogP contribution in [0.3, 0.4) is 0 Å². The van der Waals surface area contributed by atoms with Gasteiger partial charge in [0.1, 0.15) is 0 Å². The lowest BCUT2D eigenvalue weighted by molar-refractivity contribution is -0.142. The molecule has 0 heterocycles. The van der Waals surface area contributed by atoms with Gasteiger partial charge in [-0.2, -0.15) is 13.1 Å². The molecule has 0 aliphatic heterocycles. The number of carbonyl (C=O) groups excluding carboxylic acids is 1. The van der Waals surface area contributed by atoms with Crippen molar-refractivity contribution < 1.29 is 27.9 Å². The van der Waals surface area contributed by atoms with Gasteiger partial charge in [-0.05, 0) is 26.2 Å². The Kier molecular flexibility index (Phi) is 7.51. The van der Waals surface area contributed by atoms with Crippen molar-refractivity contribution in [3.8, 4) is 0 Å². The fourth-order valence-electron chi connectivity index (χ4n) is 1.43. The van der Waals surface area contributed by atoms with Gasteiger partial charge in [0.2, 0.25) is 0 Å². The highest BCUT2D eigenvalue weighted by atomic mass is 32.2. The van der Waals surface area contributed by atoms with Gasteiger partial charge in [-0.3, -0.25) is 4.79 Å². The van der Waals surface area contributed by atoms with Crippen LogP contribution in [0.15, 0.2) is 0 Å². The summed E-state index contributed by atoms with van der Waals surface area (Å²) in [7, 11) is -4.13. The average Bonchev–Trinajstić information content (AvgIpc) is 2.20. The molecule has 0 fully saturated rings. The predicted octanol–water partition coefficient (Wildman–Crippen LogP) is 0.702. The van der Waals surface area contributed by atoms with Gasteiger partial charge in [-0.1, -0.05) is 13.8 Å². The van der Waals surface area contributed by atoms with E-state index >= 15 is 0 Å². The summed E-state index contributed by atoms with van der Waals surface area (Å²) < 4.78 is 31.3. The zero-order valence-electron chi connectivity index (χ0n) is 12.0. The van der Waals surface area contributed by atoms with Crippen LogP contribution in [0.25, 0.3) is 0 Å². The summed E-state index contributed by atoms with van der Waals surface area (Å²) in [5.74, 6) is -1.83. The van der Waals surface area contributed by atoms with Crippen molar-refractivity contribution in [2.45, 2.75) is 40.2 Å². The van der Waals surface area contributed by atoms with Crippen molar-refractivity contribution >= 4 is 22.3 Å². The number of carbonyl (C=O) groups is 2. The smallest absolute Gasteiger partial charge is 0.422 e. The highest BCUT2D eigenvalue weighted by molar-refractivity contribution is 7.88. The van der Waals surface area contributed by atoms with Gasteiger partial charge in [0, 0.05) is 6.54 Å². The second-order valence-corrected chi connectivity index (χ2v) is 6.57. The number of amides is 1. The van der Waals surface area contributed by atoms with E-state index in [1.165, 1.54) is 0 Å². The topological polar surface area (TPSA) is 122 Å². The molecule has 9 heteroatoms. The quantitative estimate of drug-likeness (QED) is 0.606. The van der Waals surface area contributed by atoms with Crippen LogP contribution in [0.2, 0.25) is 0 Å². The minimum absolute atomic E-state index is 0.111. The van der Waals surface area contributed by atoms with E-state index < -0.39 is 34.3 Å². The molecule has 0 aliphatic rings. The van der Waals surface area contributed by atoms with E-state index in [9.17, 15) is 18.0 Å². The molecule has 8 nitrogen and oxygen atoms in total. The molecular formula is C11H22N2O6S. The standard InChI is InChI=1S/C11H22N2O6S/c1-7(2)5-9(10(14)15)6-12-20(17,18)13-11(16)19-8(3)4/h7-9,12H,5-6H2,1-4H3,(H,13,16)(H,14,15). The molecule has 0 aliphatic carbocycles. The predicted molar refractivity (Wildman–Crippen MR) is 72.3 cm³/mol. The van der Waals surface area contributed by atoms with Crippen molar-refractivity contribution in [1.29, 1.82) is 0 Å². The number of hydrogen-bond donors (Lipinski definition) is 3. The Hall–Kier alpha value is -1.35. The number of aliphatic carboxylic acids is 1. The average molecular weight is 310 g/mol. The number of hydrogen-bond acceptors (Lipinski definition) is 5. The van der Waals surface area contributed by atoms with Gasteiger partial charge < -0.3 is 9.84 Å². The van der Waals surface area contributed by atoms with Crippen LogP contribution in [-0.4, -0.2) is 38.2 Å². The first-order chi connectivity index (χ1) is 9.03. The molecule has 0 spiro atoms. The SMILES string of the molecule is CC(C)CC(CNS(=O)(=O)NC(=O)OC(C)C)C(=O)O. The van der Waals surface area contributed by atoms with Crippen molar-refractivity contribution in [2.75, 3.05) is 6.54 Å². The molecule has 3 N–H and O–H groups in total. The summed E-state index contributed by atoms with van der Waals surface area (Å²) in [6, 6.07) is 0. The van der Waals surface area contributed by atoms with E-state index in [0.29, 0.717) is 6.42 Å². The van der Waals surface area contributed by atoms with Gasteiger partial charge in [0.15, 0.2) is 0 Å². The Balaban J connectivity index is 4.45. The van der Waals surface area contributed by atoms with Crippen molar-refractivity contribution in [3.05, 3.63) is 0 Å². The Labute approximate surface area is 119 Å². The maximum absolute atomic E-state index is 11.5. The monoisotopic (exact) mass is 310 g/mol. The maximum Gasteiger partial charge on any atom is 0.422 e. The third-order valence-corrected chi connectivity index (χ3v) is 3.17. The van der Waals surface area contributed by atoms with E-state index in [-0.39, 0.29) is 12.5 Å². The lowest BCUT2D eigenvalue weighted by Gasteiger charge is -2.16. The molecule has 1 unspecified atom stereocenters. The Morgan fingerprint density at radius 3 is 2.15 bits per heavy atom. The lowest BCUT2D eigenvalue weighted by atomic mass is 9.98. The van der Waals surface area contributed by atoms with Gasteiger partial charge in [0.25, 0.3) is 0 Å². The van der Waals surface area contributed by atoms with E-state index in [4.69, 9.17) is 5.11 Å². The fraction of sp³-hybridized carbons (Fsp3) is 0.818. The number of rotatable bonds is 8. The van der Waals surface area contributed by atoms with Crippen LogP contribution in [0.1, 0.15) is 34.1 Å². The second kappa shape index (κ2) is 8.05. The van der Waals surface area contributed by atoms with Crippen molar-refractivity contribution in [1.82, 2.24) is 9.44 Å². The van der Waals surface area contributed by atoms with Crippen LogP contribution in [0.4, 0.5) is 4.79 Å². The molecule has 0 aromatic carbocycles. The highest BCUT2D eigenvalue weighted by Gasteiger charge is 2.23. The highest BCUT2D eigenvalue weighted by Crippen LogP contribution is 2.11. The Morgan fingerprint density at radius 1 is 1.20 bits per heavy atom. The van der Waals surface area contributed by atoms with Crippen LogP contribution in [0.5, 0.6) is 0 Å². The molecule has 118 valence electrons. The summed E-state index contributed by atoms with van der Waals surface area (Å²) >= 11 is 0. The molecule has 0 saturated heterocycles. The van der Waals surface area contributed by atoms with Gasteiger partial charge >= 0.3 is 22.3 Å². The first-order valence-electron chi connectivity index (χ1n) is 6.24. The van der Waals surface area contributed by atoms with Crippen LogP contribution in [0, 0.1) is 11.8 Å². The molecule has 0 bridgehead atoms. The molecule has 0 radical (unpaired) electrons. The van der Waals surface area contributed by atoms with Crippen molar-refractivity contribution in [2.24, 2.45) is 11.8 Å². The minimum atomic E-state index is -4.13. The molecular weight excluding hydrogens is 288 g/mol. The van der Waals surface area contributed by atoms with Crippen LogP contribution < -0.4 is 9.44 Å². The minimum Gasteiger partial charge on any atom is -0.481 e. The van der Waals surface area contributed by atoms with E-state index in [2.05, 4.69) is 4.74 Å². The Morgan fingerprint density at radius 2 is 1.75 bits per heavy atom. The number of carboxylic acids is 1. The third-order valence-electron chi connectivity index (χ3n) is 2.19. The lowest BCUT2D eigenvalue weighted by Crippen LogP contribution is -2.44. The first kappa shape index (κ1) is 18.7. The largest absolute Gasteiger partial charge is 0.481 e. The van der Waals surface area contributed by atoms with Gasteiger partial charge in [-0.15, -0.1) is 0 Å². The zero-order chi connectivity index (χ0) is 15.9. The molecule has 20 heavy (non-hydrogen) atoms. The van der Waals surface area contributed by atoms with Crippen LogP contribution >= 0.6 is 0 Å². The third kappa shape index (κ3) is 8.70. The number of ether oxygens (including phenoxy) is 1. The van der Waals surface area contributed by atoms with E-state index in [1.807, 2.05) is 18.6 Å². The molecule has 0 saturated carbocycles. The number of nitrogens with one attached hydrogen (secondary N) is 2. The second-order valence-electron chi connectivity index (χ2n) is 5.07. The van der Waals surface area contributed by atoms with Gasteiger partial charge in [0.05, 0.1) is 12.0 Å². The molecule has 1 amide bonds. The van der Waals surface area contributed by atoms with Crippen molar-refractivity contribution in [3.63, 3.8) is 0 Å². The summed E-state index contributed by atoms with van der Waals surface area (Å²) in [5, 5.41) is 8.97. The molecule has 0 aromatic heterocycles. The fourth-order valence-corrected chi connectivity index (χ4v) is 2.20. The molecule has 0 rings (SSSR count).